The molecule has 4 heteroatoms. The minimum Gasteiger partial charge on any atom is -0.494 e. The molecule has 2 aromatic rings. The predicted molar refractivity (Wildman–Crippen MR) is 73.1 cm³/mol. The van der Waals surface area contributed by atoms with Crippen LogP contribution in [0.5, 0.6) is 5.75 Å². The Bertz CT molecular complexity index is 559. The third kappa shape index (κ3) is 2.54. The van der Waals surface area contributed by atoms with Crippen LogP contribution < -0.4 is 10.5 Å². The quantitative estimate of drug-likeness (QED) is 0.939. The van der Waals surface area contributed by atoms with E-state index in [0.29, 0.717) is 5.56 Å². The maximum atomic E-state index is 13.6. The van der Waals surface area contributed by atoms with Gasteiger partial charge in [0.2, 0.25) is 0 Å². The number of nitrogens with two attached hydrogens (primary N) is 1. The van der Waals surface area contributed by atoms with E-state index in [9.17, 15) is 4.39 Å². The van der Waals surface area contributed by atoms with Crippen molar-refractivity contribution in [1.29, 1.82) is 0 Å². The van der Waals surface area contributed by atoms with Crippen molar-refractivity contribution in [3.63, 3.8) is 0 Å². The fraction of sp³-hybridized carbons (Fsp3) is 0.143. The van der Waals surface area contributed by atoms with Crippen LogP contribution in [0.15, 0.2) is 46.9 Å². The normalized spacial score (nSPS) is 12.2. The summed E-state index contributed by atoms with van der Waals surface area (Å²) in [6.45, 7) is 0. The van der Waals surface area contributed by atoms with Gasteiger partial charge in [0, 0.05) is 4.47 Å². The number of rotatable bonds is 3. The van der Waals surface area contributed by atoms with E-state index >= 15 is 0 Å². The van der Waals surface area contributed by atoms with Crippen LogP contribution in [-0.2, 0) is 0 Å². The molecular weight excluding hydrogens is 297 g/mol. The van der Waals surface area contributed by atoms with Crippen LogP contribution in [-0.4, -0.2) is 7.11 Å². The van der Waals surface area contributed by atoms with Crippen LogP contribution in [0.4, 0.5) is 4.39 Å². The SMILES string of the molecule is COc1ccc(C(N)c2ccccc2Br)cc1F. The van der Waals surface area contributed by atoms with Gasteiger partial charge in [0.15, 0.2) is 11.6 Å². The van der Waals surface area contributed by atoms with Gasteiger partial charge >= 0.3 is 0 Å². The summed E-state index contributed by atoms with van der Waals surface area (Å²) in [4.78, 5) is 0. The highest BCUT2D eigenvalue weighted by molar-refractivity contribution is 9.10. The fourth-order valence-electron chi connectivity index (χ4n) is 1.78. The molecule has 0 saturated heterocycles. The molecule has 0 aromatic heterocycles. The second kappa shape index (κ2) is 5.50. The zero-order valence-corrected chi connectivity index (χ0v) is 11.4. The lowest BCUT2D eigenvalue weighted by Crippen LogP contribution is -2.12. The van der Waals surface area contributed by atoms with E-state index in [0.717, 1.165) is 10.0 Å². The van der Waals surface area contributed by atoms with Gasteiger partial charge in [-0.2, -0.15) is 0 Å². The molecule has 0 spiro atoms. The Kier molecular flexibility index (Phi) is 3.99. The third-order valence-electron chi connectivity index (χ3n) is 2.78. The van der Waals surface area contributed by atoms with Crippen molar-refractivity contribution in [1.82, 2.24) is 0 Å². The zero-order valence-electron chi connectivity index (χ0n) is 9.86. The van der Waals surface area contributed by atoms with Gasteiger partial charge in [-0.15, -0.1) is 0 Å². The van der Waals surface area contributed by atoms with Gasteiger partial charge in [0.25, 0.3) is 0 Å². The molecule has 0 radical (unpaired) electrons. The topological polar surface area (TPSA) is 35.2 Å². The van der Waals surface area contributed by atoms with E-state index in [1.165, 1.54) is 13.2 Å². The number of methoxy groups -OCH3 is 1. The van der Waals surface area contributed by atoms with Crippen molar-refractivity contribution in [3.05, 3.63) is 63.9 Å². The number of hydrogen-bond donors (Lipinski definition) is 1. The monoisotopic (exact) mass is 309 g/mol. The molecule has 0 bridgehead atoms. The Labute approximate surface area is 114 Å². The molecule has 2 N–H and O–H groups in total. The fourth-order valence-corrected chi connectivity index (χ4v) is 2.31. The molecule has 2 rings (SSSR count). The molecular formula is C14H13BrFNO. The molecule has 0 aliphatic heterocycles. The van der Waals surface area contributed by atoms with E-state index in [-0.39, 0.29) is 11.8 Å². The van der Waals surface area contributed by atoms with Crippen LogP contribution in [0, 0.1) is 5.82 Å². The number of hydrogen-bond acceptors (Lipinski definition) is 2. The first-order chi connectivity index (χ1) is 8.63. The third-order valence-corrected chi connectivity index (χ3v) is 3.50. The highest BCUT2D eigenvalue weighted by atomic mass is 79.9. The van der Waals surface area contributed by atoms with Crippen LogP contribution >= 0.6 is 15.9 Å². The van der Waals surface area contributed by atoms with Crippen LogP contribution in [0.2, 0.25) is 0 Å². The Morgan fingerprint density at radius 3 is 2.56 bits per heavy atom. The maximum absolute atomic E-state index is 13.6. The van der Waals surface area contributed by atoms with E-state index in [2.05, 4.69) is 15.9 Å². The predicted octanol–water partition coefficient (Wildman–Crippen LogP) is 3.64. The van der Waals surface area contributed by atoms with Crippen LogP contribution in [0.1, 0.15) is 17.2 Å². The molecule has 2 aromatic carbocycles. The summed E-state index contributed by atoms with van der Waals surface area (Å²) in [6, 6.07) is 12.0. The molecule has 18 heavy (non-hydrogen) atoms. The largest absolute Gasteiger partial charge is 0.494 e. The lowest BCUT2D eigenvalue weighted by Gasteiger charge is -2.15. The molecule has 94 valence electrons. The van der Waals surface area contributed by atoms with E-state index in [4.69, 9.17) is 10.5 Å². The van der Waals surface area contributed by atoms with Crippen LogP contribution in [0.3, 0.4) is 0 Å². The molecule has 0 heterocycles. The molecule has 1 unspecified atom stereocenters. The van der Waals surface area contributed by atoms with Gasteiger partial charge in [-0.1, -0.05) is 40.2 Å². The second-order valence-corrected chi connectivity index (χ2v) is 4.75. The maximum Gasteiger partial charge on any atom is 0.165 e. The molecule has 0 aliphatic carbocycles. The summed E-state index contributed by atoms with van der Waals surface area (Å²) < 4.78 is 19.4. The molecule has 0 amide bonds. The highest BCUT2D eigenvalue weighted by Gasteiger charge is 2.14. The first-order valence-electron chi connectivity index (χ1n) is 5.47. The van der Waals surface area contributed by atoms with Crippen molar-refractivity contribution in [2.75, 3.05) is 7.11 Å². The Hall–Kier alpha value is -1.39. The van der Waals surface area contributed by atoms with Crippen LogP contribution in [0.25, 0.3) is 0 Å². The van der Waals surface area contributed by atoms with Crippen molar-refractivity contribution in [2.45, 2.75) is 6.04 Å². The summed E-state index contributed by atoms with van der Waals surface area (Å²) in [7, 11) is 1.44. The average molecular weight is 310 g/mol. The standard InChI is InChI=1S/C14H13BrFNO/c1-18-13-7-6-9(8-12(13)16)14(17)10-4-2-3-5-11(10)15/h2-8,14H,17H2,1H3. The first kappa shape index (κ1) is 13.1. The Morgan fingerprint density at radius 2 is 1.94 bits per heavy atom. The lowest BCUT2D eigenvalue weighted by atomic mass is 9.99. The summed E-state index contributed by atoms with van der Waals surface area (Å²) in [6.07, 6.45) is 0. The van der Waals surface area contributed by atoms with Gasteiger partial charge in [0.1, 0.15) is 0 Å². The van der Waals surface area contributed by atoms with Gasteiger partial charge in [-0.05, 0) is 29.3 Å². The van der Waals surface area contributed by atoms with Crippen molar-refractivity contribution in [2.24, 2.45) is 5.73 Å². The van der Waals surface area contributed by atoms with Gasteiger partial charge in [-0.3, -0.25) is 0 Å². The molecule has 1 atom stereocenters. The lowest BCUT2D eigenvalue weighted by molar-refractivity contribution is 0.386. The number of benzene rings is 2. The smallest absolute Gasteiger partial charge is 0.165 e. The van der Waals surface area contributed by atoms with Gasteiger partial charge in [0.05, 0.1) is 13.2 Å². The minimum atomic E-state index is -0.405. The summed E-state index contributed by atoms with van der Waals surface area (Å²) in [5.41, 5.74) is 7.77. The van der Waals surface area contributed by atoms with E-state index < -0.39 is 5.82 Å². The highest BCUT2D eigenvalue weighted by Crippen LogP contribution is 2.28. The Balaban J connectivity index is 2.37. The second-order valence-electron chi connectivity index (χ2n) is 3.89. The van der Waals surface area contributed by atoms with Gasteiger partial charge < -0.3 is 10.5 Å². The van der Waals surface area contributed by atoms with Crippen molar-refractivity contribution >= 4 is 15.9 Å². The van der Waals surface area contributed by atoms with Gasteiger partial charge in [-0.25, -0.2) is 4.39 Å². The number of halogens is 2. The van der Waals surface area contributed by atoms with Crippen molar-refractivity contribution < 1.29 is 9.13 Å². The molecule has 0 saturated carbocycles. The number of ether oxygens (including phenoxy) is 1. The molecule has 2 nitrogen and oxygen atoms in total. The minimum absolute atomic E-state index is 0.220. The Morgan fingerprint density at radius 1 is 1.22 bits per heavy atom. The zero-order chi connectivity index (χ0) is 13.1. The van der Waals surface area contributed by atoms with Crippen molar-refractivity contribution in [3.8, 4) is 5.75 Å². The first-order valence-corrected chi connectivity index (χ1v) is 6.26. The van der Waals surface area contributed by atoms with E-state index in [1.54, 1.807) is 12.1 Å². The molecule has 0 fully saturated rings. The van der Waals surface area contributed by atoms with E-state index in [1.807, 2.05) is 24.3 Å². The summed E-state index contributed by atoms with van der Waals surface area (Å²) >= 11 is 3.44. The average Bonchev–Trinajstić information content (AvgIpc) is 2.38. The molecule has 0 aliphatic rings. The summed E-state index contributed by atoms with van der Waals surface area (Å²) in [5, 5.41) is 0. The summed E-state index contributed by atoms with van der Waals surface area (Å²) in [5.74, 6) is -0.185.